The fourth-order valence-corrected chi connectivity index (χ4v) is 3.39. The minimum Gasteiger partial charge on any atom is -0.388 e. The maximum atomic E-state index is 13.4. The van der Waals surface area contributed by atoms with Gasteiger partial charge in [-0.05, 0) is 49.4 Å². The highest BCUT2D eigenvalue weighted by Crippen LogP contribution is 2.33. The molecule has 3 aromatic rings. The number of aromatic nitrogens is 4. The first kappa shape index (κ1) is 19.4. The van der Waals surface area contributed by atoms with Crippen LogP contribution in [0.4, 0.5) is 24.8 Å². The van der Waals surface area contributed by atoms with E-state index in [4.69, 9.17) is 0 Å². The number of benzene rings is 1. The minimum atomic E-state index is -3.03. The molecule has 2 heterocycles. The fourth-order valence-electron chi connectivity index (χ4n) is 3.39. The third-order valence-corrected chi connectivity index (χ3v) is 5.02. The number of rotatable bonds is 6. The van der Waals surface area contributed by atoms with Gasteiger partial charge in [-0.25, -0.2) is 23.1 Å². The molecule has 9 heteroatoms. The lowest BCUT2D eigenvalue weighted by atomic mass is 9.80. The van der Waals surface area contributed by atoms with Crippen molar-refractivity contribution in [3.63, 3.8) is 0 Å². The maximum absolute atomic E-state index is 13.4. The molecule has 0 atom stereocenters. The number of nitrogens with zero attached hydrogens (tertiary/aromatic N) is 4. The first-order chi connectivity index (χ1) is 13.8. The van der Waals surface area contributed by atoms with E-state index in [1.165, 1.54) is 0 Å². The highest BCUT2D eigenvalue weighted by atomic mass is 19.3. The summed E-state index contributed by atoms with van der Waals surface area (Å²) >= 11 is 0. The van der Waals surface area contributed by atoms with Crippen molar-refractivity contribution in [1.29, 1.82) is 0 Å². The van der Waals surface area contributed by atoms with E-state index in [0.717, 1.165) is 42.1 Å². The normalized spacial score (nSPS) is 15.4. The van der Waals surface area contributed by atoms with Crippen LogP contribution in [0, 0.1) is 12.7 Å². The van der Waals surface area contributed by atoms with Gasteiger partial charge in [-0.3, -0.25) is 4.68 Å². The minimum absolute atomic E-state index is 0.110. The lowest BCUT2D eigenvalue weighted by Gasteiger charge is -2.36. The van der Waals surface area contributed by atoms with E-state index in [9.17, 15) is 18.3 Å². The van der Waals surface area contributed by atoms with Crippen LogP contribution in [-0.4, -0.2) is 30.5 Å². The third-order valence-electron chi connectivity index (χ3n) is 5.02. The van der Waals surface area contributed by atoms with Gasteiger partial charge in [0.1, 0.15) is 5.69 Å². The first-order valence-corrected chi connectivity index (χ1v) is 9.26. The van der Waals surface area contributed by atoms with Crippen molar-refractivity contribution < 1.29 is 18.3 Å². The standard InChI is InChI=1S/C20H20F3N5O/c1-12-5-13(14-8-25-28(10-14)11-20(29)3-2-4-20)7-15(6-12)26-19-24-9-16(21)17(27-19)18(22)23/h5-10,18,29H,2-4,11H2,1H3,(H,24,26,27). The van der Waals surface area contributed by atoms with Crippen molar-refractivity contribution in [3.8, 4) is 11.1 Å². The summed E-state index contributed by atoms with van der Waals surface area (Å²) < 4.78 is 40.8. The van der Waals surface area contributed by atoms with Gasteiger partial charge in [0.15, 0.2) is 5.82 Å². The van der Waals surface area contributed by atoms with Crippen LogP contribution in [0.1, 0.15) is 36.9 Å². The van der Waals surface area contributed by atoms with Gasteiger partial charge in [0.25, 0.3) is 6.43 Å². The number of hydrogen-bond donors (Lipinski definition) is 2. The molecule has 1 aromatic carbocycles. The number of alkyl halides is 2. The molecule has 1 fully saturated rings. The number of aliphatic hydroxyl groups is 1. The summed E-state index contributed by atoms with van der Waals surface area (Å²) in [5.41, 5.74) is 1.60. The number of halogens is 3. The summed E-state index contributed by atoms with van der Waals surface area (Å²) in [6.45, 7) is 2.34. The Morgan fingerprint density at radius 1 is 1.21 bits per heavy atom. The molecule has 1 saturated carbocycles. The number of hydrogen-bond acceptors (Lipinski definition) is 5. The fraction of sp³-hybridized carbons (Fsp3) is 0.350. The summed E-state index contributed by atoms with van der Waals surface area (Å²) in [6.07, 6.45) is 3.85. The highest BCUT2D eigenvalue weighted by Gasteiger charge is 2.34. The predicted octanol–water partition coefficient (Wildman–Crippen LogP) is 4.38. The van der Waals surface area contributed by atoms with Gasteiger partial charge in [0.2, 0.25) is 5.95 Å². The van der Waals surface area contributed by atoms with Crippen molar-refractivity contribution in [2.45, 2.75) is 44.8 Å². The molecule has 29 heavy (non-hydrogen) atoms. The number of anilines is 2. The van der Waals surface area contributed by atoms with Crippen LogP contribution < -0.4 is 5.32 Å². The van der Waals surface area contributed by atoms with Crippen molar-refractivity contribution in [2.75, 3.05) is 5.32 Å². The molecule has 2 aromatic heterocycles. The monoisotopic (exact) mass is 403 g/mol. The second kappa shape index (κ2) is 7.47. The lowest BCUT2D eigenvalue weighted by Crippen LogP contribution is -2.41. The molecule has 0 radical (unpaired) electrons. The van der Waals surface area contributed by atoms with Crippen molar-refractivity contribution >= 4 is 11.6 Å². The molecule has 0 spiro atoms. The molecule has 0 unspecified atom stereocenters. The van der Waals surface area contributed by atoms with Gasteiger partial charge in [0, 0.05) is 17.4 Å². The molecule has 2 N–H and O–H groups in total. The van der Waals surface area contributed by atoms with E-state index in [1.54, 1.807) is 23.0 Å². The average Bonchev–Trinajstić information content (AvgIpc) is 3.10. The Morgan fingerprint density at radius 2 is 2.00 bits per heavy atom. The Labute approximate surface area is 165 Å². The molecule has 1 aliphatic rings. The second-order valence-electron chi connectivity index (χ2n) is 7.44. The van der Waals surface area contributed by atoms with Gasteiger partial charge in [0.05, 0.1) is 24.5 Å². The molecule has 0 aliphatic heterocycles. The Bertz CT molecular complexity index is 1030. The Hall–Kier alpha value is -2.94. The van der Waals surface area contributed by atoms with Crippen LogP contribution in [0.5, 0.6) is 0 Å². The van der Waals surface area contributed by atoms with Gasteiger partial charge in [-0.2, -0.15) is 5.10 Å². The third kappa shape index (κ3) is 4.24. The summed E-state index contributed by atoms with van der Waals surface area (Å²) in [5.74, 6) is -1.25. The molecule has 152 valence electrons. The van der Waals surface area contributed by atoms with E-state index in [0.29, 0.717) is 12.2 Å². The van der Waals surface area contributed by atoms with Crippen LogP contribution in [0.15, 0.2) is 36.8 Å². The van der Waals surface area contributed by atoms with Crippen LogP contribution in [0.25, 0.3) is 11.1 Å². The molecular weight excluding hydrogens is 383 g/mol. The second-order valence-corrected chi connectivity index (χ2v) is 7.44. The molecule has 0 bridgehead atoms. The van der Waals surface area contributed by atoms with Gasteiger partial charge in [-0.15, -0.1) is 0 Å². The van der Waals surface area contributed by atoms with Crippen molar-refractivity contribution in [1.82, 2.24) is 19.7 Å². The molecule has 6 nitrogen and oxygen atoms in total. The van der Waals surface area contributed by atoms with Crippen molar-refractivity contribution in [3.05, 3.63) is 53.9 Å². The van der Waals surface area contributed by atoms with Crippen molar-refractivity contribution in [2.24, 2.45) is 0 Å². The van der Waals surface area contributed by atoms with E-state index in [1.807, 2.05) is 19.2 Å². The van der Waals surface area contributed by atoms with Crippen LogP contribution in [0.2, 0.25) is 0 Å². The van der Waals surface area contributed by atoms with Gasteiger partial charge >= 0.3 is 0 Å². The lowest BCUT2D eigenvalue weighted by molar-refractivity contribution is -0.0498. The molecule has 0 saturated heterocycles. The summed E-state index contributed by atoms with van der Waals surface area (Å²) in [7, 11) is 0. The zero-order valence-electron chi connectivity index (χ0n) is 15.7. The largest absolute Gasteiger partial charge is 0.388 e. The number of nitrogens with one attached hydrogen (secondary N) is 1. The molecule has 0 amide bonds. The van der Waals surface area contributed by atoms with E-state index in [2.05, 4.69) is 20.4 Å². The van der Waals surface area contributed by atoms with E-state index in [-0.39, 0.29) is 5.95 Å². The zero-order chi connectivity index (χ0) is 20.6. The summed E-state index contributed by atoms with van der Waals surface area (Å²) in [5, 5.41) is 17.5. The molecular formula is C20H20F3N5O. The molecule has 4 rings (SSSR count). The van der Waals surface area contributed by atoms with Crippen LogP contribution >= 0.6 is 0 Å². The van der Waals surface area contributed by atoms with Gasteiger partial charge < -0.3 is 10.4 Å². The number of aryl methyl sites for hydroxylation is 1. The van der Waals surface area contributed by atoms with Gasteiger partial charge in [-0.1, -0.05) is 6.07 Å². The summed E-state index contributed by atoms with van der Waals surface area (Å²) in [4.78, 5) is 7.30. The Balaban J connectivity index is 1.57. The van der Waals surface area contributed by atoms with E-state index >= 15 is 0 Å². The maximum Gasteiger partial charge on any atom is 0.283 e. The Morgan fingerprint density at radius 3 is 2.69 bits per heavy atom. The van der Waals surface area contributed by atoms with E-state index < -0.39 is 23.5 Å². The van der Waals surface area contributed by atoms with Crippen LogP contribution in [-0.2, 0) is 6.54 Å². The topological polar surface area (TPSA) is 75.9 Å². The zero-order valence-corrected chi connectivity index (χ0v) is 15.7. The quantitative estimate of drug-likeness (QED) is 0.639. The van der Waals surface area contributed by atoms with Crippen LogP contribution in [0.3, 0.4) is 0 Å². The highest BCUT2D eigenvalue weighted by molar-refractivity contribution is 5.70. The first-order valence-electron chi connectivity index (χ1n) is 9.26. The predicted molar refractivity (Wildman–Crippen MR) is 101 cm³/mol. The molecule has 1 aliphatic carbocycles. The summed E-state index contributed by atoms with van der Waals surface area (Å²) in [6, 6.07) is 5.57. The smallest absolute Gasteiger partial charge is 0.283 e. The SMILES string of the molecule is Cc1cc(Nc2ncc(F)c(C(F)F)n2)cc(-c2cnn(CC3(O)CCC3)c2)c1. The average molecular weight is 403 g/mol. The Kier molecular flexibility index (Phi) is 4.99.